The Bertz CT molecular complexity index is 734. The van der Waals surface area contributed by atoms with E-state index >= 15 is 0 Å². The molecule has 0 heterocycles. The zero-order chi connectivity index (χ0) is 14.2. The lowest BCUT2D eigenvalue weighted by Gasteiger charge is -2.11. The third kappa shape index (κ3) is 2.99. The fraction of sp³-hybridized carbons (Fsp3) is 0.200. The molecule has 0 amide bonds. The molecular formula is C15H15ClO2S. The molecule has 0 N–H and O–H groups in total. The van der Waals surface area contributed by atoms with E-state index in [1.54, 1.807) is 12.1 Å². The second-order valence-electron chi connectivity index (χ2n) is 4.73. The van der Waals surface area contributed by atoms with Crippen LogP contribution in [0.25, 0.3) is 11.1 Å². The van der Waals surface area contributed by atoms with E-state index in [1.807, 2.05) is 32.9 Å². The molecule has 0 radical (unpaired) electrons. The number of hydrogen-bond donors (Lipinski definition) is 0. The Kier molecular flexibility index (Phi) is 3.70. The van der Waals surface area contributed by atoms with Gasteiger partial charge in [0.15, 0.2) is 0 Å². The molecule has 0 unspecified atom stereocenters. The summed E-state index contributed by atoms with van der Waals surface area (Å²) in [6.07, 6.45) is 0. The van der Waals surface area contributed by atoms with Crippen molar-refractivity contribution in [2.75, 3.05) is 0 Å². The minimum absolute atomic E-state index is 0.139. The van der Waals surface area contributed by atoms with E-state index in [2.05, 4.69) is 12.1 Å². The maximum Gasteiger partial charge on any atom is 0.261 e. The van der Waals surface area contributed by atoms with E-state index in [0.29, 0.717) is 0 Å². The van der Waals surface area contributed by atoms with Gasteiger partial charge in [0.1, 0.15) is 0 Å². The van der Waals surface area contributed by atoms with Gasteiger partial charge >= 0.3 is 0 Å². The number of hydrogen-bond acceptors (Lipinski definition) is 2. The number of aryl methyl sites for hydroxylation is 3. The lowest BCUT2D eigenvalue weighted by atomic mass is 9.95. The van der Waals surface area contributed by atoms with Crippen LogP contribution in [0.4, 0.5) is 0 Å². The van der Waals surface area contributed by atoms with E-state index in [9.17, 15) is 8.42 Å². The lowest BCUT2D eigenvalue weighted by molar-refractivity contribution is 0.609. The van der Waals surface area contributed by atoms with Crippen LogP contribution >= 0.6 is 10.7 Å². The first-order valence-corrected chi connectivity index (χ1v) is 8.23. The molecule has 2 aromatic carbocycles. The molecular weight excluding hydrogens is 280 g/mol. The van der Waals surface area contributed by atoms with E-state index in [4.69, 9.17) is 10.7 Å². The van der Waals surface area contributed by atoms with E-state index in [0.717, 1.165) is 16.7 Å². The third-order valence-corrected chi connectivity index (χ3v) is 4.50. The maximum absolute atomic E-state index is 11.3. The van der Waals surface area contributed by atoms with Crippen molar-refractivity contribution < 1.29 is 8.42 Å². The Balaban J connectivity index is 2.59. The molecule has 0 spiro atoms. The number of halogens is 1. The summed E-state index contributed by atoms with van der Waals surface area (Å²) >= 11 is 0. The van der Waals surface area contributed by atoms with E-state index in [-0.39, 0.29) is 4.90 Å². The summed E-state index contributed by atoms with van der Waals surface area (Å²) in [6, 6.07) is 11.2. The van der Waals surface area contributed by atoms with Crippen molar-refractivity contribution in [3.8, 4) is 11.1 Å². The summed E-state index contributed by atoms with van der Waals surface area (Å²) in [5.41, 5.74) is 5.42. The van der Waals surface area contributed by atoms with Crippen molar-refractivity contribution in [3.63, 3.8) is 0 Å². The highest BCUT2D eigenvalue weighted by Gasteiger charge is 2.12. The quantitative estimate of drug-likeness (QED) is 0.778. The first-order valence-electron chi connectivity index (χ1n) is 5.92. The normalized spacial score (nSPS) is 11.6. The maximum atomic E-state index is 11.3. The van der Waals surface area contributed by atoms with Gasteiger partial charge < -0.3 is 0 Å². The second kappa shape index (κ2) is 4.99. The predicted octanol–water partition coefficient (Wildman–Crippen LogP) is 4.21. The average Bonchev–Trinajstić information content (AvgIpc) is 2.28. The molecule has 2 rings (SSSR count). The number of rotatable bonds is 2. The number of benzene rings is 2. The van der Waals surface area contributed by atoms with E-state index in [1.165, 1.54) is 11.1 Å². The van der Waals surface area contributed by atoms with Gasteiger partial charge in [-0.3, -0.25) is 0 Å². The van der Waals surface area contributed by atoms with Gasteiger partial charge in [-0.05, 0) is 55.2 Å². The summed E-state index contributed by atoms with van der Waals surface area (Å²) in [5, 5.41) is 0. The molecule has 2 aromatic rings. The minimum Gasteiger partial charge on any atom is -0.207 e. The SMILES string of the molecule is Cc1ccc(-c2ccc(S(=O)(=O)Cl)cc2C)c(C)c1. The molecule has 0 aromatic heterocycles. The Hall–Kier alpha value is -1.32. The first-order chi connectivity index (χ1) is 8.79. The molecule has 0 saturated heterocycles. The van der Waals surface area contributed by atoms with Gasteiger partial charge in [-0.15, -0.1) is 0 Å². The average molecular weight is 295 g/mol. The highest BCUT2D eigenvalue weighted by Crippen LogP contribution is 2.29. The Labute approximate surface area is 118 Å². The zero-order valence-electron chi connectivity index (χ0n) is 11.1. The van der Waals surface area contributed by atoms with Gasteiger partial charge in [-0.2, -0.15) is 0 Å². The summed E-state index contributed by atoms with van der Waals surface area (Å²) in [7, 11) is 1.68. The van der Waals surface area contributed by atoms with Crippen LogP contribution in [0.2, 0.25) is 0 Å². The fourth-order valence-corrected chi connectivity index (χ4v) is 3.04. The largest absolute Gasteiger partial charge is 0.261 e. The van der Waals surface area contributed by atoms with Gasteiger partial charge in [0.2, 0.25) is 0 Å². The molecule has 0 aliphatic carbocycles. The topological polar surface area (TPSA) is 34.1 Å². The lowest BCUT2D eigenvalue weighted by Crippen LogP contribution is -1.94. The Morgan fingerprint density at radius 3 is 1.84 bits per heavy atom. The van der Waals surface area contributed by atoms with Crippen molar-refractivity contribution >= 4 is 19.7 Å². The van der Waals surface area contributed by atoms with Crippen molar-refractivity contribution in [1.29, 1.82) is 0 Å². The molecule has 0 bridgehead atoms. The highest BCUT2D eigenvalue weighted by molar-refractivity contribution is 8.13. The van der Waals surface area contributed by atoms with Crippen molar-refractivity contribution in [1.82, 2.24) is 0 Å². The van der Waals surface area contributed by atoms with Crippen molar-refractivity contribution in [3.05, 3.63) is 53.1 Å². The summed E-state index contributed by atoms with van der Waals surface area (Å²) < 4.78 is 22.6. The van der Waals surface area contributed by atoms with Crippen LogP contribution in [0.5, 0.6) is 0 Å². The molecule has 0 atom stereocenters. The fourth-order valence-electron chi connectivity index (χ4n) is 2.21. The van der Waals surface area contributed by atoms with Crippen LogP contribution in [0, 0.1) is 20.8 Å². The molecule has 0 aliphatic heterocycles. The van der Waals surface area contributed by atoms with Crippen LogP contribution in [0.3, 0.4) is 0 Å². The van der Waals surface area contributed by atoms with Crippen LogP contribution in [0.1, 0.15) is 16.7 Å². The molecule has 2 nitrogen and oxygen atoms in total. The molecule has 0 aliphatic rings. The second-order valence-corrected chi connectivity index (χ2v) is 7.30. The third-order valence-electron chi connectivity index (χ3n) is 3.15. The smallest absolute Gasteiger partial charge is 0.207 e. The standard InChI is InChI=1S/C15H15ClO2S/c1-10-4-6-14(11(2)8-10)15-7-5-13(9-12(15)3)19(16,17)18/h4-9H,1-3H3. The van der Waals surface area contributed by atoms with Gasteiger partial charge in [0.05, 0.1) is 4.90 Å². The van der Waals surface area contributed by atoms with Crippen molar-refractivity contribution in [2.24, 2.45) is 0 Å². The van der Waals surface area contributed by atoms with Crippen LogP contribution in [0.15, 0.2) is 41.3 Å². The molecule has 0 saturated carbocycles. The van der Waals surface area contributed by atoms with E-state index < -0.39 is 9.05 Å². The van der Waals surface area contributed by atoms with Gasteiger partial charge in [0, 0.05) is 10.7 Å². The van der Waals surface area contributed by atoms with Gasteiger partial charge in [0.25, 0.3) is 9.05 Å². The van der Waals surface area contributed by atoms with Gasteiger partial charge in [-0.1, -0.05) is 29.8 Å². The summed E-state index contributed by atoms with van der Waals surface area (Å²) in [6.45, 7) is 5.99. The van der Waals surface area contributed by atoms with Crippen LogP contribution < -0.4 is 0 Å². The monoisotopic (exact) mass is 294 g/mol. The molecule has 19 heavy (non-hydrogen) atoms. The molecule has 4 heteroatoms. The van der Waals surface area contributed by atoms with Gasteiger partial charge in [-0.25, -0.2) is 8.42 Å². The van der Waals surface area contributed by atoms with Crippen LogP contribution in [-0.2, 0) is 9.05 Å². The zero-order valence-corrected chi connectivity index (χ0v) is 12.6. The highest BCUT2D eigenvalue weighted by atomic mass is 35.7. The molecule has 100 valence electrons. The Morgan fingerprint density at radius 1 is 0.842 bits per heavy atom. The predicted molar refractivity (Wildman–Crippen MR) is 79.1 cm³/mol. The minimum atomic E-state index is -3.67. The van der Waals surface area contributed by atoms with Crippen molar-refractivity contribution in [2.45, 2.75) is 25.7 Å². The first kappa shape index (κ1) is 14.1. The molecule has 0 fully saturated rings. The van der Waals surface area contributed by atoms with Crippen LogP contribution in [-0.4, -0.2) is 8.42 Å². The summed E-state index contributed by atoms with van der Waals surface area (Å²) in [4.78, 5) is 0.139. The Morgan fingerprint density at radius 2 is 1.37 bits per heavy atom. The summed E-state index contributed by atoms with van der Waals surface area (Å²) in [5.74, 6) is 0.